The number of thioether (sulfide) groups is 1. The maximum absolute atomic E-state index is 10.4. The number of unbranched alkanes of at least 4 members (excludes halogenated alkanes) is 1. The van der Waals surface area contributed by atoms with Crippen LogP contribution in [0.5, 0.6) is 0 Å². The van der Waals surface area contributed by atoms with Gasteiger partial charge in [0.25, 0.3) is 0 Å². The normalized spacial score (nSPS) is 9.56. The second kappa shape index (κ2) is 6.14. The number of rotatable bonds is 5. The molecule has 1 nitrogen and oxygen atoms in total. The molecule has 0 radical (unpaired) electrons. The third-order valence-corrected chi connectivity index (χ3v) is 2.14. The van der Waals surface area contributed by atoms with Crippen LogP contribution < -0.4 is 0 Å². The maximum Gasteiger partial charge on any atom is 0.139 e. The molecule has 0 aliphatic rings. The fourth-order valence-electron chi connectivity index (χ4n) is 0.462. The van der Waals surface area contributed by atoms with E-state index in [1.807, 2.05) is 0 Å². The highest BCUT2D eigenvalue weighted by atomic mass is 32.2. The van der Waals surface area contributed by atoms with Gasteiger partial charge in [0.15, 0.2) is 0 Å². The molecule has 0 bridgehead atoms. The van der Waals surface area contributed by atoms with E-state index >= 15 is 0 Å². The van der Waals surface area contributed by atoms with Crippen LogP contribution in [0.25, 0.3) is 0 Å². The zero-order valence-corrected chi connectivity index (χ0v) is 6.96. The number of carbonyl (C=O) groups excluding carboxylic acids is 1. The number of hydrogen-bond acceptors (Lipinski definition) is 2. The van der Waals surface area contributed by atoms with Gasteiger partial charge in [0.05, 0.1) is 5.75 Å². The molecule has 0 saturated carbocycles. The van der Waals surface area contributed by atoms with Gasteiger partial charge in [-0.25, -0.2) is 0 Å². The Morgan fingerprint density at radius 2 is 2.22 bits per heavy atom. The van der Waals surface area contributed by atoms with Gasteiger partial charge in [-0.1, -0.05) is 13.3 Å². The van der Waals surface area contributed by atoms with E-state index in [1.54, 1.807) is 18.7 Å². The lowest BCUT2D eigenvalue weighted by Gasteiger charge is -1.94. The highest BCUT2D eigenvalue weighted by Gasteiger charge is 1.91. The first-order valence-corrected chi connectivity index (χ1v) is 4.50. The van der Waals surface area contributed by atoms with Crippen LogP contribution in [0.15, 0.2) is 0 Å². The fourth-order valence-corrected chi connectivity index (χ4v) is 1.39. The summed E-state index contributed by atoms with van der Waals surface area (Å²) in [6.45, 7) is 3.80. The SMILES string of the molecule is CCCCSCC(C)=O. The minimum atomic E-state index is 0.288. The van der Waals surface area contributed by atoms with E-state index in [0.29, 0.717) is 5.75 Å². The molecule has 0 aliphatic heterocycles. The summed E-state index contributed by atoms with van der Waals surface area (Å²) in [7, 11) is 0. The molecule has 0 unspecified atom stereocenters. The molecule has 9 heavy (non-hydrogen) atoms. The van der Waals surface area contributed by atoms with Gasteiger partial charge in [-0.15, -0.1) is 0 Å². The second-order valence-corrected chi connectivity index (χ2v) is 3.21. The van der Waals surface area contributed by atoms with Crippen molar-refractivity contribution in [3.63, 3.8) is 0 Å². The molecule has 0 N–H and O–H groups in total. The molecular weight excluding hydrogens is 132 g/mol. The van der Waals surface area contributed by atoms with Gasteiger partial charge in [-0.3, -0.25) is 4.79 Å². The molecule has 0 aromatic rings. The maximum atomic E-state index is 10.4. The lowest BCUT2D eigenvalue weighted by molar-refractivity contribution is -0.114. The lowest BCUT2D eigenvalue weighted by atomic mass is 10.4. The smallest absolute Gasteiger partial charge is 0.139 e. The van der Waals surface area contributed by atoms with Crippen molar-refractivity contribution in [1.82, 2.24) is 0 Å². The molecule has 0 rings (SSSR count). The molecule has 0 atom stereocenters. The Hall–Kier alpha value is 0.0200. The Balaban J connectivity index is 2.83. The number of ketones is 1. The van der Waals surface area contributed by atoms with E-state index in [1.165, 1.54) is 12.8 Å². The second-order valence-electron chi connectivity index (χ2n) is 2.11. The van der Waals surface area contributed by atoms with Gasteiger partial charge >= 0.3 is 0 Å². The first-order chi connectivity index (χ1) is 4.27. The first kappa shape index (κ1) is 9.02. The Morgan fingerprint density at radius 3 is 2.67 bits per heavy atom. The van der Waals surface area contributed by atoms with Crippen molar-refractivity contribution in [3.8, 4) is 0 Å². The van der Waals surface area contributed by atoms with Crippen LogP contribution in [0.3, 0.4) is 0 Å². The first-order valence-electron chi connectivity index (χ1n) is 3.34. The summed E-state index contributed by atoms with van der Waals surface area (Å²) in [5, 5.41) is 0. The zero-order chi connectivity index (χ0) is 7.11. The fraction of sp³-hybridized carbons (Fsp3) is 0.857. The largest absolute Gasteiger partial charge is 0.299 e. The molecule has 0 saturated heterocycles. The van der Waals surface area contributed by atoms with Crippen LogP contribution in [0.4, 0.5) is 0 Å². The van der Waals surface area contributed by atoms with Crippen LogP contribution >= 0.6 is 11.8 Å². The molecule has 0 fully saturated rings. The molecule has 0 amide bonds. The van der Waals surface area contributed by atoms with Crippen LogP contribution in [0.2, 0.25) is 0 Å². The third kappa shape index (κ3) is 8.02. The van der Waals surface area contributed by atoms with Gasteiger partial charge in [-0.2, -0.15) is 11.8 Å². The molecule has 0 heterocycles. The summed E-state index contributed by atoms with van der Waals surface area (Å²) in [5.41, 5.74) is 0. The van der Waals surface area contributed by atoms with Crippen molar-refractivity contribution in [1.29, 1.82) is 0 Å². The lowest BCUT2D eigenvalue weighted by Crippen LogP contribution is -1.93. The molecule has 2 heteroatoms. The van der Waals surface area contributed by atoms with Crippen LogP contribution in [0.1, 0.15) is 26.7 Å². The quantitative estimate of drug-likeness (QED) is 0.552. The van der Waals surface area contributed by atoms with Crippen molar-refractivity contribution in [3.05, 3.63) is 0 Å². The van der Waals surface area contributed by atoms with Gasteiger partial charge in [0, 0.05) is 0 Å². The Morgan fingerprint density at radius 1 is 1.56 bits per heavy atom. The van der Waals surface area contributed by atoms with Gasteiger partial charge in [0.2, 0.25) is 0 Å². The minimum Gasteiger partial charge on any atom is -0.299 e. The number of carbonyl (C=O) groups is 1. The average Bonchev–Trinajstić information content (AvgIpc) is 1.80. The van der Waals surface area contributed by atoms with E-state index in [9.17, 15) is 4.79 Å². The van der Waals surface area contributed by atoms with E-state index in [2.05, 4.69) is 6.92 Å². The van der Waals surface area contributed by atoms with Crippen LogP contribution in [0, 0.1) is 0 Å². The molecule has 0 aromatic heterocycles. The molecule has 0 aromatic carbocycles. The van der Waals surface area contributed by atoms with Crippen molar-refractivity contribution >= 4 is 17.5 Å². The van der Waals surface area contributed by atoms with Crippen molar-refractivity contribution < 1.29 is 4.79 Å². The Labute approximate surface area is 61.2 Å². The monoisotopic (exact) mass is 146 g/mol. The topological polar surface area (TPSA) is 17.1 Å². The van der Waals surface area contributed by atoms with E-state index in [-0.39, 0.29) is 5.78 Å². The van der Waals surface area contributed by atoms with Gasteiger partial charge in [0.1, 0.15) is 5.78 Å². The summed E-state index contributed by atoms with van der Waals surface area (Å²) < 4.78 is 0. The van der Waals surface area contributed by atoms with Crippen molar-refractivity contribution in [2.75, 3.05) is 11.5 Å². The number of hydrogen-bond donors (Lipinski definition) is 0. The summed E-state index contributed by atoms with van der Waals surface area (Å²) in [5.74, 6) is 2.12. The minimum absolute atomic E-state index is 0.288. The van der Waals surface area contributed by atoms with Crippen molar-refractivity contribution in [2.45, 2.75) is 26.7 Å². The zero-order valence-electron chi connectivity index (χ0n) is 6.14. The molecule has 54 valence electrons. The average molecular weight is 146 g/mol. The van der Waals surface area contributed by atoms with Crippen LogP contribution in [-0.4, -0.2) is 17.3 Å². The molecule has 0 spiro atoms. The number of Topliss-reactive ketones (excluding diaryl/α,β-unsaturated/α-hetero) is 1. The van der Waals surface area contributed by atoms with Crippen LogP contribution in [-0.2, 0) is 4.79 Å². The summed E-state index contributed by atoms with van der Waals surface area (Å²) >= 11 is 1.74. The summed E-state index contributed by atoms with van der Waals surface area (Å²) in [6.07, 6.45) is 2.46. The van der Waals surface area contributed by atoms with Crippen molar-refractivity contribution in [2.24, 2.45) is 0 Å². The molecular formula is C7H14OS. The van der Waals surface area contributed by atoms with Gasteiger partial charge < -0.3 is 0 Å². The predicted molar refractivity (Wildman–Crippen MR) is 42.9 cm³/mol. The summed E-state index contributed by atoms with van der Waals surface area (Å²) in [6, 6.07) is 0. The standard InChI is InChI=1S/C7H14OS/c1-3-4-5-9-6-7(2)8/h3-6H2,1-2H3. The third-order valence-electron chi connectivity index (χ3n) is 0.948. The van der Waals surface area contributed by atoms with Gasteiger partial charge in [-0.05, 0) is 19.1 Å². The van der Waals surface area contributed by atoms with E-state index < -0.39 is 0 Å². The molecule has 0 aliphatic carbocycles. The van der Waals surface area contributed by atoms with E-state index in [4.69, 9.17) is 0 Å². The Kier molecular flexibility index (Phi) is 6.16. The Bertz CT molecular complexity index is 81.0. The summed E-state index contributed by atoms with van der Waals surface area (Å²) in [4.78, 5) is 10.4. The highest BCUT2D eigenvalue weighted by Crippen LogP contribution is 2.03. The predicted octanol–water partition coefficient (Wildman–Crippen LogP) is 2.11. The van der Waals surface area contributed by atoms with E-state index in [0.717, 1.165) is 5.75 Å². The highest BCUT2D eigenvalue weighted by molar-refractivity contribution is 7.99.